The van der Waals surface area contributed by atoms with E-state index in [9.17, 15) is 0 Å². The van der Waals surface area contributed by atoms with Crippen molar-refractivity contribution in [1.29, 1.82) is 0 Å². The standard InChI is InChI=1S/C44H23N3OS2/c1-2-13-27-26(12-1)37-28-14-3-7-17-32(28)47(41(37)43-38(27)30-16-6-10-20-35(30)50-43)44-45-39(42-40(46-44)29-15-4-8-18-33(29)48-42)24-21-22-36-31(23-24)25-11-5-9-19-34(25)49-36/h1-23H. The zero-order valence-electron chi connectivity index (χ0n) is 26.3. The predicted molar refractivity (Wildman–Crippen MR) is 212 cm³/mol. The number of aromatic nitrogens is 3. The summed E-state index contributed by atoms with van der Waals surface area (Å²) in [7, 11) is 0. The molecule has 4 nitrogen and oxygen atoms in total. The van der Waals surface area contributed by atoms with E-state index in [1.165, 1.54) is 61.9 Å². The summed E-state index contributed by atoms with van der Waals surface area (Å²) in [4.78, 5) is 10.9. The first-order valence-electron chi connectivity index (χ1n) is 16.7. The Morgan fingerprint density at radius 2 is 1.14 bits per heavy atom. The van der Waals surface area contributed by atoms with E-state index in [0.717, 1.165) is 38.8 Å². The molecule has 0 amide bonds. The SMILES string of the molecule is c1ccc2c(c1)oc1c(-c3ccc4sc5ccccc5c4c3)nc(-n3c4ccccc4c4c5ccccc5c5c6ccccc6sc5c43)nc12. The van der Waals surface area contributed by atoms with Crippen molar-refractivity contribution in [2.24, 2.45) is 0 Å². The molecule has 0 fully saturated rings. The minimum Gasteiger partial charge on any atom is -0.452 e. The zero-order chi connectivity index (χ0) is 32.5. The largest absolute Gasteiger partial charge is 0.452 e. The van der Waals surface area contributed by atoms with Gasteiger partial charge in [-0.3, -0.25) is 4.57 Å². The Bertz CT molecular complexity index is 3400. The van der Waals surface area contributed by atoms with Crippen molar-refractivity contribution >= 4 is 118 Å². The summed E-state index contributed by atoms with van der Waals surface area (Å²) in [6.45, 7) is 0. The van der Waals surface area contributed by atoms with Crippen LogP contribution in [0.5, 0.6) is 0 Å². The second-order valence-corrected chi connectivity index (χ2v) is 15.0. The van der Waals surface area contributed by atoms with Crippen molar-refractivity contribution in [2.45, 2.75) is 0 Å². The van der Waals surface area contributed by atoms with Gasteiger partial charge in [0.05, 0.1) is 15.7 Å². The highest BCUT2D eigenvalue weighted by atomic mass is 32.1. The van der Waals surface area contributed by atoms with Crippen LogP contribution in [0.3, 0.4) is 0 Å². The van der Waals surface area contributed by atoms with E-state index >= 15 is 0 Å². The Balaban J connectivity index is 1.27. The van der Waals surface area contributed by atoms with E-state index in [0.29, 0.717) is 11.5 Å². The third-order valence-electron chi connectivity index (χ3n) is 10.2. The molecule has 0 N–H and O–H groups in total. The first-order chi connectivity index (χ1) is 24.8. The topological polar surface area (TPSA) is 43.9 Å². The average Bonchev–Trinajstić information content (AvgIpc) is 3.93. The molecule has 5 heterocycles. The number of furan rings is 1. The van der Waals surface area contributed by atoms with Crippen LogP contribution in [0.15, 0.2) is 144 Å². The lowest BCUT2D eigenvalue weighted by atomic mass is 9.99. The summed E-state index contributed by atoms with van der Waals surface area (Å²) in [5.74, 6) is 0.634. The molecule has 0 aliphatic heterocycles. The molecule has 6 heteroatoms. The third-order valence-corrected chi connectivity index (χ3v) is 12.5. The van der Waals surface area contributed by atoms with E-state index in [1.807, 2.05) is 34.8 Å². The van der Waals surface area contributed by atoms with Crippen molar-refractivity contribution in [3.05, 3.63) is 140 Å². The van der Waals surface area contributed by atoms with Crippen LogP contribution >= 0.6 is 22.7 Å². The molecule has 0 unspecified atom stereocenters. The van der Waals surface area contributed by atoms with Crippen LogP contribution in [0.4, 0.5) is 0 Å². The molecule has 7 aromatic carbocycles. The van der Waals surface area contributed by atoms with Gasteiger partial charge >= 0.3 is 0 Å². The summed E-state index contributed by atoms with van der Waals surface area (Å²) in [5, 5.41) is 10.9. The van der Waals surface area contributed by atoms with Gasteiger partial charge in [0.25, 0.3) is 0 Å². The monoisotopic (exact) mass is 673 g/mol. The van der Waals surface area contributed by atoms with Crippen molar-refractivity contribution in [2.75, 3.05) is 0 Å². The van der Waals surface area contributed by atoms with Crippen molar-refractivity contribution < 1.29 is 4.42 Å². The van der Waals surface area contributed by atoms with Crippen LogP contribution in [0.1, 0.15) is 0 Å². The Hall–Kier alpha value is -6.08. The van der Waals surface area contributed by atoms with Crippen LogP contribution in [0.2, 0.25) is 0 Å². The normalized spacial score (nSPS) is 12.4. The lowest BCUT2D eigenvalue weighted by Gasteiger charge is -2.11. The zero-order valence-corrected chi connectivity index (χ0v) is 28.0. The van der Waals surface area contributed by atoms with Gasteiger partial charge in [-0.2, -0.15) is 0 Å². The highest BCUT2D eigenvalue weighted by Crippen LogP contribution is 2.48. The van der Waals surface area contributed by atoms with Gasteiger partial charge in [-0.1, -0.05) is 97.1 Å². The number of thiophene rings is 2. The van der Waals surface area contributed by atoms with E-state index in [4.69, 9.17) is 14.4 Å². The number of para-hydroxylation sites is 2. The Morgan fingerprint density at radius 3 is 1.98 bits per heavy atom. The smallest absolute Gasteiger partial charge is 0.236 e. The number of hydrogen-bond donors (Lipinski definition) is 0. The second-order valence-electron chi connectivity index (χ2n) is 12.9. The molecular weight excluding hydrogens is 651 g/mol. The van der Waals surface area contributed by atoms with Crippen molar-refractivity contribution in [3.63, 3.8) is 0 Å². The molecule has 0 bridgehead atoms. The van der Waals surface area contributed by atoms with Crippen LogP contribution in [0, 0.1) is 0 Å². The molecule has 12 aromatic rings. The van der Waals surface area contributed by atoms with E-state index in [1.54, 1.807) is 0 Å². The Kier molecular flexibility index (Phi) is 5.23. The molecule has 50 heavy (non-hydrogen) atoms. The average molecular weight is 674 g/mol. The molecule has 0 aliphatic carbocycles. The number of hydrogen-bond acceptors (Lipinski definition) is 5. The number of fused-ring (bicyclic) bond motifs is 16. The second kappa shape index (κ2) is 9.76. The third kappa shape index (κ3) is 3.49. The molecule has 0 saturated heterocycles. The molecule has 12 rings (SSSR count). The fourth-order valence-electron chi connectivity index (χ4n) is 8.08. The maximum Gasteiger partial charge on any atom is 0.236 e. The summed E-state index contributed by atoms with van der Waals surface area (Å²) in [5.41, 5.74) is 6.33. The summed E-state index contributed by atoms with van der Waals surface area (Å²) in [6.07, 6.45) is 0. The molecular formula is C44H23N3OS2. The molecule has 0 aliphatic rings. The fourth-order valence-corrected chi connectivity index (χ4v) is 10.4. The van der Waals surface area contributed by atoms with Gasteiger partial charge in [-0.15, -0.1) is 22.7 Å². The van der Waals surface area contributed by atoms with Gasteiger partial charge in [0.2, 0.25) is 5.95 Å². The quantitative estimate of drug-likeness (QED) is 0.183. The number of benzene rings is 7. The summed E-state index contributed by atoms with van der Waals surface area (Å²) in [6, 6.07) is 49.8. The van der Waals surface area contributed by atoms with E-state index in [2.05, 4.69) is 132 Å². The van der Waals surface area contributed by atoms with E-state index < -0.39 is 0 Å². The van der Waals surface area contributed by atoms with Crippen LogP contribution in [-0.2, 0) is 0 Å². The van der Waals surface area contributed by atoms with Crippen LogP contribution < -0.4 is 0 Å². The predicted octanol–water partition coefficient (Wildman–Crippen LogP) is 13.0. The van der Waals surface area contributed by atoms with Crippen LogP contribution in [0.25, 0.3) is 112 Å². The van der Waals surface area contributed by atoms with Gasteiger partial charge in [-0.25, -0.2) is 9.97 Å². The first-order valence-corrected chi connectivity index (χ1v) is 18.3. The highest BCUT2D eigenvalue weighted by Gasteiger charge is 2.25. The maximum atomic E-state index is 6.60. The molecule has 5 aromatic heterocycles. The maximum absolute atomic E-state index is 6.60. The Labute approximate surface area is 292 Å². The lowest BCUT2D eigenvalue weighted by molar-refractivity contribution is 0.666. The van der Waals surface area contributed by atoms with Gasteiger partial charge in [-0.05, 0) is 53.2 Å². The van der Waals surface area contributed by atoms with Gasteiger partial charge < -0.3 is 4.42 Å². The number of nitrogens with zero attached hydrogens (tertiary/aromatic N) is 3. The molecule has 0 atom stereocenters. The van der Waals surface area contributed by atoms with Gasteiger partial charge in [0.1, 0.15) is 16.8 Å². The molecule has 0 radical (unpaired) electrons. The number of rotatable bonds is 2. The molecule has 0 saturated carbocycles. The first kappa shape index (κ1) is 26.8. The summed E-state index contributed by atoms with van der Waals surface area (Å²) < 4.78 is 14.0. The Morgan fingerprint density at radius 1 is 0.500 bits per heavy atom. The van der Waals surface area contributed by atoms with Gasteiger partial charge in [0, 0.05) is 57.4 Å². The highest BCUT2D eigenvalue weighted by molar-refractivity contribution is 7.27. The molecule has 0 spiro atoms. The van der Waals surface area contributed by atoms with Crippen molar-refractivity contribution in [3.8, 4) is 17.2 Å². The fraction of sp³-hybridized carbons (Fsp3) is 0. The van der Waals surface area contributed by atoms with Crippen molar-refractivity contribution in [1.82, 2.24) is 14.5 Å². The van der Waals surface area contributed by atoms with Gasteiger partial charge in [0.15, 0.2) is 5.58 Å². The van der Waals surface area contributed by atoms with E-state index in [-0.39, 0.29) is 0 Å². The molecule has 232 valence electrons. The minimum absolute atomic E-state index is 0.634. The minimum atomic E-state index is 0.634. The lowest BCUT2D eigenvalue weighted by Crippen LogP contribution is -2.03. The van der Waals surface area contributed by atoms with Crippen LogP contribution in [-0.4, -0.2) is 14.5 Å². The summed E-state index contributed by atoms with van der Waals surface area (Å²) >= 11 is 3.67.